The summed E-state index contributed by atoms with van der Waals surface area (Å²) in [7, 11) is -3.83. The largest absolute Gasteiger partial charge is 0.349 e. The molecule has 42 heavy (non-hydrogen) atoms. The van der Waals surface area contributed by atoms with Crippen molar-refractivity contribution in [3.8, 4) is 0 Å². The van der Waals surface area contributed by atoms with Crippen molar-refractivity contribution in [2.24, 2.45) is 11.8 Å². The van der Waals surface area contributed by atoms with Gasteiger partial charge in [0.25, 0.3) is 0 Å². The molecular weight excluding hydrogens is 550 g/mol. The van der Waals surface area contributed by atoms with Crippen LogP contribution in [0.4, 0.5) is 10.7 Å². The van der Waals surface area contributed by atoms with Crippen molar-refractivity contribution in [2.45, 2.75) is 75.4 Å². The number of nitrogens with one attached hydrogen (secondary N) is 5. The van der Waals surface area contributed by atoms with Crippen molar-refractivity contribution >= 4 is 43.8 Å². The number of carbonyl (C=O) groups is 1. The fraction of sp³-hybridized carbons (Fsp3) is 0.452. The number of nitrogens with zero attached hydrogens (tertiary/aromatic N) is 2. The van der Waals surface area contributed by atoms with Crippen molar-refractivity contribution in [1.29, 1.82) is 0 Å². The number of aromatic nitrogens is 3. The molecule has 4 aromatic rings. The van der Waals surface area contributed by atoms with Crippen LogP contribution >= 0.6 is 0 Å². The Morgan fingerprint density at radius 1 is 1.07 bits per heavy atom. The highest BCUT2D eigenvalue weighted by molar-refractivity contribution is 7.89. The number of para-hydroxylation sites is 2. The first-order chi connectivity index (χ1) is 20.2. The smallest absolute Gasteiger partial charge is 0.315 e. The van der Waals surface area contributed by atoms with Crippen LogP contribution in [0.2, 0.25) is 0 Å². The molecular formula is C31H37N7O3S. The molecule has 7 rings (SSSR count). The number of pyridine rings is 1. The van der Waals surface area contributed by atoms with Crippen molar-refractivity contribution in [1.82, 2.24) is 30.3 Å². The lowest BCUT2D eigenvalue weighted by molar-refractivity contribution is 0.236. The highest BCUT2D eigenvalue weighted by Gasteiger charge is 2.39. The number of amides is 2. The van der Waals surface area contributed by atoms with E-state index in [1.54, 1.807) is 6.07 Å². The Morgan fingerprint density at radius 3 is 2.57 bits per heavy atom. The van der Waals surface area contributed by atoms with Gasteiger partial charge in [-0.1, -0.05) is 32.9 Å². The molecule has 2 aromatic carbocycles. The van der Waals surface area contributed by atoms with Crippen LogP contribution in [0.25, 0.3) is 21.8 Å². The lowest BCUT2D eigenvalue weighted by Crippen LogP contribution is -2.39. The summed E-state index contributed by atoms with van der Waals surface area (Å²) in [5.74, 6) is 1.61. The summed E-state index contributed by atoms with van der Waals surface area (Å²) in [4.78, 5) is 26.1. The van der Waals surface area contributed by atoms with E-state index in [1.165, 1.54) is 0 Å². The monoisotopic (exact) mass is 587 g/mol. The zero-order valence-electron chi connectivity index (χ0n) is 24.1. The third kappa shape index (κ3) is 5.20. The van der Waals surface area contributed by atoms with Crippen LogP contribution in [0.1, 0.15) is 81.3 Å². The van der Waals surface area contributed by atoms with Crippen LogP contribution in [-0.2, 0) is 10.0 Å². The Hall–Kier alpha value is -3.70. The van der Waals surface area contributed by atoms with Crippen LogP contribution < -0.4 is 20.7 Å². The van der Waals surface area contributed by atoms with Gasteiger partial charge in [-0.3, -0.25) is 4.98 Å². The Kier molecular flexibility index (Phi) is 6.62. The van der Waals surface area contributed by atoms with E-state index in [9.17, 15) is 13.2 Å². The maximum Gasteiger partial charge on any atom is 0.315 e. The van der Waals surface area contributed by atoms with Crippen molar-refractivity contribution < 1.29 is 13.2 Å². The number of hydrogen-bond donors (Lipinski definition) is 5. The number of rotatable bonds is 9. The predicted molar refractivity (Wildman–Crippen MR) is 163 cm³/mol. The van der Waals surface area contributed by atoms with Crippen LogP contribution in [0, 0.1) is 11.8 Å². The minimum absolute atomic E-state index is 0.157. The van der Waals surface area contributed by atoms with Gasteiger partial charge in [0, 0.05) is 41.2 Å². The maximum absolute atomic E-state index is 13.8. The molecule has 2 fully saturated rings. The normalized spacial score (nSPS) is 23.3. The molecule has 0 radical (unpaired) electrons. The summed E-state index contributed by atoms with van der Waals surface area (Å²) >= 11 is 0. The molecule has 5 N–H and O–H groups in total. The van der Waals surface area contributed by atoms with E-state index in [4.69, 9.17) is 9.97 Å². The van der Waals surface area contributed by atoms with Gasteiger partial charge in [0.05, 0.1) is 28.0 Å². The molecule has 0 aliphatic heterocycles. The number of aromatic amines is 1. The molecule has 2 saturated carbocycles. The SMILES string of the molecule is CC(C)CNS(=O)(=O)c1cc2c(c3cnc(C4CC4)cc13)[C@H](Nc1nc3ccccc3[nH]1)C[C@H]2NC(=O)NC1CC1C. The topological polar surface area (TPSA) is 141 Å². The molecule has 4 atom stereocenters. The van der Waals surface area contributed by atoms with Gasteiger partial charge < -0.3 is 20.9 Å². The summed E-state index contributed by atoms with van der Waals surface area (Å²) in [5.41, 5.74) is 4.41. The van der Waals surface area contributed by atoms with E-state index >= 15 is 0 Å². The van der Waals surface area contributed by atoms with Crippen molar-refractivity contribution in [2.75, 3.05) is 11.9 Å². The van der Waals surface area contributed by atoms with Gasteiger partial charge in [-0.15, -0.1) is 0 Å². The van der Waals surface area contributed by atoms with E-state index in [0.717, 1.165) is 52.5 Å². The fourth-order valence-corrected chi connectivity index (χ4v) is 7.47. The second-order valence-electron chi connectivity index (χ2n) is 12.6. The standard InChI is InChI=1S/C31H37N7O3S/c1-16(2)14-33-42(40,41)28-12-20-26(38-31(39)37-24-10-17(24)3)13-27(36-30-34-22-6-4-5-7-23(22)35-30)29(20)21-15-32-25(11-19(21)28)18-8-9-18/h4-7,11-12,15-18,24,26-27,33H,8-10,13-14H2,1-3H3,(H2,34,35,36)(H2,37,38,39)/t17?,24?,26-,27-/m1/s1. The first-order valence-corrected chi connectivity index (χ1v) is 16.4. The number of hydrogen-bond acceptors (Lipinski definition) is 6. The third-order valence-corrected chi connectivity index (χ3v) is 10.1. The second-order valence-corrected chi connectivity index (χ2v) is 14.3. The van der Waals surface area contributed by atoms with Gasteiger partial charge >= 0.3 is 6.03 Å². The average Bonchev–Trinajstić information content (AvgIpc) is 3.85. The van der Waals surface area contributed by atoms with Crippen LogP contribution in [0.3, 0.4) is 0 Å². The third-order valence-electron chi connectivity index (χ3n) is 8.67. The Balaban J connectivity index is 1.34. The quantitative estimate of drug-likeness (QED) is 0.182. The fourth-order valence-electron chi connectivity index (χ4n) is 6.02. The van der Waals surface area contributed by atoms with Crippen molar-refractivity contribution in [3.05, 3.63) is 59.4 Å². The Morgan fingerprint density at radius 2 is 1.86 bits per heavy atom. The number of H-pyrrole nitrogens is 1. The first kappa shape index (κ1) is 27.2. The van der Waals surface area contributed by atoms with Gasteiger partial charge in [-0.05, 0) is 72.9 Å². The average molecular weight is 588 g/mol. The lowest BCUT2D eigenvalue weighted by Gasteiger charge is -2.19. The number of sulfonamides is 1. The van der Waals surface area contributed by atoms with Gasteiger partial charge in [-0.25, -0.2) is 22.9 Å². The van der Waals surface area contributed by atoms with Crippen molar-refractivity contribution in [3.63, 3.8) is 0 Å². The summed E-state index contributed by atoms with van der Waals surface area (Å²) in [5, 5.41) is 11.2. The molecule has 2 aromatic heterocycles. The molecule has 220 valence electrons. The number of fused-ring (bicyclic) bond motifs is 4. The van der Waals surface area contributed by atoms with E-state index in [2.05, 4.69) is 32.6 Å². The molecule has 10 nitrogen and oxygen atoms in total. The molecule has 2 unspecified atom stereocenters. The van der Waals surface area contributed by atoms with E-state index < -0.39 is 16.1 Å². The molecule has 2 heterocycles. The second kappa shape index (κ2) is 10.2. The maximum atomic E-state index is 13.8. The Bertz CT molecular complexity index is 1760. The van der Waals surface area contributed by atoms with Gasteiger partial charge in [0.15, 0.2) is 0 Å². The molecule has 11 heteroatoms. The highest BCUT2D eigenvalue weighted by atomic mass is 32.2. The molecule has 0 spiro atoms. The molecule has 0 bridgehead atoms. The molecule has 2 amide bonds. The Labute approximate surface area is 245 Å². The predicted octanol–water partition coefficient (Wildman–Crippen LogP) is 5.23. The summed E-state index contributed by atoms with van der Waals surface area (Å²) in [6.45, 7) is 6.40. The zero-order chi connectivity index (χ0) is 29.2. The lowest BCUT2D eigenvalue weighted by atomic mass is 9.98. The number of anilines is 1. The summed E-state index contributed by atoms with van der Waals surface area (Å²) in [6, 6.07) is 10.9. The molecule has 0 saturated heterocycles. The highest BCUT2D eigenvalue weighted by Crippen LogP contribution is 2.47. The zero-order valence-corrected chi connectivity index (χ0v) is 24.9. The number of imidazole rings is 1. The molecule has 3 aliphatic carbocycles. The minimum Gasteiger partial charge on any atom is -0.349 e. The summed E-state index contributed by atoms with van der Waals surface area (Å²) in [6.07, 6.45) is 5.45. The first-order valence-electron chi connectivity index (χ1n) is 14.9. The van der Waals surface area contributed by atoms with Crippen LogP contribution in [-0.4, -0.2) is 42.0 Å². The summed E-state index contributed by atoms with van der Waals surface area (Å²) < 4.78 is 30.4. The van der Waals surface area contributed by atoms with Crippen LogP contribution in [0.5, 0.6) is 0 Å². The van der Waals surface area contributed by atoms with E-state index in [1.807, 2.05) is 50.4 Å². The van der Waals surface area contributed by atoms with Gasteiger partial charge in [-0.2, -0.15) is 0 Å². The van der Waals surface area contributed by atoms with Crippen LogP contribution in [0.15, 0.2) is 47.5 Å². The molecule has 3 aliphatic rings. The van der Waals surface area contributed by atoms with E-state index in [0.29, 0.717) is 36.1 Å². The van der Waals surface area contributed by atoms with Gasteiger partial charge in [0.1, 0.15) is 0 Å². The van der Waals surface area contributed by atoms with Gasteiger partial charge in [0.2, 0.25) is 16.0 Å². The number of carbonyl (C=O) groups excluding carboxylic acids is 1. The number of benzene rings is 2. The number of urea groups is 1. The van der Waals surface area contributed by atoms with E-state index in [-0.39, 0.29) is 28.9 Å². The minimum atomic E-state index is -3.83.